The van der Waals surface area contributed by atoms with Crippen LogP contribution in [0.25, 0.3) is 0 Å². The number of aromatic amines is 1. The number of amides is 1. The van der Waals surface area contributed by atoms with Gasteiger partial charge in [0.1, 0.15) is 11.4 Å². The number of methoxy groups -OCH3 is 1. The maximum atomic E-state index is 12.5. The van der Waals surface area contributed by atoms with Gasteiger partial charge in [0.2, 0.25) is 0 Å². The Hall–Kier alpha value is -3.87. The van der Waals surface area contributed by atoms with Gasteiger partial charge in [0, 0.05) is 11.8 Å². The average Bonchev–Trinajstić information content (AvgIpc) is 3.27. The van der Waals surface area contributed by atoms with Gasteiger partial charge in [0.05, 0.1) is 13.2 Å². The van der Waals surface area contributed by atoms with E-state index < -0.39 is 24.5 Å². The van der Waals surface area contributed by atoms with Gasteiger partial charge in [-0.2, -0.15) is 0 Å². The average molecular weight is 406 g/mol. The molecule has 0 saturated heterocycles. The number of benzene rings is 2. The first kappa shape index (κ1) is 20.9. The number of hydrogen-bond donors (Lipinski definition) is 2. The van der Waals surface area contributed by atoms with Crippen molar-refractivity contribution in [2.45, 2.75) is 13.0 Å². The number of rotatable bonds is 8. The van der Waals surface area contributed by atoms with Gasteiger partial charge >= 0.3 is 5.97 Å². The van der Waals surface area contributed by atoms with Gasteiger partial charge < -0.3 is 19.8 Å². The summed E-state index contributed by atoms with van der Waals surface area (Å²) in [6.07, 6.45) is 1.42. The molecule has 154 valence electrons. The highest BCUT2D eigenvalue weighted by molar-refractivity contribution is 5.97. The van der Waals surface area contributed by atoms with E-state index in [1.54, 1.807) is 7.11 Å². The van der Waals surface area contributed by atoms with Crippen molar-refractivity contribution in [1.82, 2.24) is 10.3 Å². The molecule has 1 heterocycles. The fourth-order valence-corrected chi connectivity index (χ4v) is 2.93. The monoisotopic (exact) mass is 406 g/mol. The van der Waals surface area contributed by atoms with Gasteiger partial charge in [0.25, 0.3) is 5.91 Å². The Labute approximate surface area is 174 Å². The molecule has 3 aromatic rings. The van der Waals surface area contributed by atoms with Crippen LogP contribution < -0.4 is 10.1 Å². The van der Waals surface area contributed by atoms with Crippen LogP contribution in [0.2, 0.25) is 0 Å². The highest BCUT2D eigenvalue weighted by Gasteiger charge is 2.19. The second kappa shape index (κ2) is 9.56. The quantitative estimate of drug-likeness (QED) is 0.442. The van der Waals surface area contributed by atoms with Crippen LogP contribution in [-0.2, 0) is 9.53 Å². The number of Topliss-reactive ketones (excluding diaryl/α,β-unsaturated/α-hetero) is 1. The topological polar surface area (TPSA) is 97.5 Å². The minimum atomic E-state index is -0.710. The van der Waals surface area contributed by atoms with E-state index in [1.807, 2.05) is 54.6 Å². The number of nitrogens with one attached hydrogen (secondary N) is 2. The zero-order valence-corrected chi connectivity index (χ0v) is 16.7. The van der Waals surface area contributed by atoms with Crippen molar-refractivity contribution in [2.75, 3.05) is 13.7 Å². The summed E-state index contributed by atoms with van der Waals surface area (Å²) in [5.74, 6) is -0.625. The third-order valence-corrected chi connectivity index (χ3v) is 4.53. The number of carbonyl (C=O) groups excluding carboxylic acids is 3. The lowest BCUT2D eigenvalue weighted by Crippen LogP contribution is -2.33. The van der Waals surface area contributed by atoms with E-state index in [1.165, 1.54) is 19.2 Å². The Balaban J connectivity index is 1.68. The summed E-state index contributed by atoms with van der Waals surface area (Å²) < 4.78 is 10.3. The highest BCUT2D eigenvalue weighted by Crippen LogP contribution is 2.24. The summed E-state index contributed by atoms with van der Waals surface area (Å²) in [5.41, 5.74) is 2.23. The molecular weight excluding hydrogens is 384 g/mol. The maximum Gasteiger partial charge on any atom is 0.355 e. The van der Waals surface area contributed by atoms with Gasteiger partial charge in [-0.15, -0.1) is 0 Å². The van der Waals surface area contributed by atoms with Crippen molar-refractivity contribution in [3.8, 4) is 5.75 Å². The number of ketones is 1. The molecule has 1 aromatic heterocycles. The molecule has 0 aliphatic rings. The van der Waals surface area contributed by atoms with Crippen LogP contribution in [0.5, 0.6) is 5.75 Å². The molecule has 0 saturated carbocycles. The van der Waals surface area contributed by atoms with Gasteiger partial charge in [-0.1, -0.05) is 42.5 Å². The first-order valence-corrected chi connectivity index (χ1v) is 9.32. The molecule has 0 unspecified atom stereocenters. The van der Waals surface area contributed by atoms with Gasteiger partial charge in [-0.25, -0.2) is 4.79 Å². The van der Waals surface area contributed by atoms with Gasteiger partial charge in [-0.3, -0.25) is 9.59 Å². The molecule has 3 rings (SSSR count). The fourth-order valence-electron chi connectivity index (χ4n) is 2.93. The van der Waals surface area contributed by atoms with Crippen molar-refractivity contribution >= 4 is 17.7 Å². The van der Waals surface area contributed by atoms with E-state index in [4.69, 9.17) is 9.47 Å². The molecule has 0 aliphatic carbocycles. The third kappa shape index (κ3) is 5.14. The maximum absolute atomic E-state index is 12.5. The molecule has 7 heteroatoms. The molecule has 1 amide bonds. The summed E-state index contributed by atoms with van der Waals surface area (Å²) in [6.45, 7) is 0.946. The van der Waals surface area contributed by atoms with Crippen LogP contribution in [0.15, 0.2) is 66.9 Å². The first-order valence-electron chi connectivity index (χ1n) is 9.32. The lowest BCUT2D eigenvalue weighted by Gasteiger charge is -2.20. The summed E-state index contributed by atoms with van der Waals surface area (Å²) in [7, 11) is 1.59. The first-order chi connectivity index (χ1) is 14.5. The lowest BCUT2D eigenvalue weighted by molar-refractivity contribution is -0.124. The van der Waals surface area contributed by atoms with Crippen LogP contribution in [0.1, 0.15) is 44.9 Å². The molecule has 0 spiro atoms. The lowest BCUT2D eigenvalue weighted by atomic mass is 9.98. The van der Waals surface area contributed by atoms with E-state index in [9.17, 15) is 14.4 Å². The molecule has 2 N–H and O–H groups in total. The molecule has 0 fully saturated rings. The standard InChI is InChI=1S/C23H22N2O5/c1-15(26)18-12-20(24-13-18)23(28)30-14-21(27)25-22(16-6-4-3-5-7-16)17-8-10-19(29-2)11-9-17/h3-13,22,24H,14H2,1-2H3,(H,25,27)/t22-/m1/s1. The van der Waals surface area contributed by atoms with Gasteiger partial charge in [0.15, 0.2) is 12.4 Å². The summed E-state index contributed by atoms with van der Waals surface area (Å²) in [5, 5.41) is 2.90. The minimum absolute atomic E-state index is 0.114. The van der Waals surface area contributed by atoms with Crippen LogP contribution in [-0.4, -0.2) is 36.4 Å². The Bertz CT molecular complexity index is 1030. The van der Waals surface area contributed by atoms with Crippen LogP contribution in [0.3, 0.4) is 0 Å². The molecule has 0 radical (unpaired) electrons. The van der Waals surface area contributed by atoms with Crippen molar-refractivity contribution < 1.29 is 23.9 Å². The van der Waals surface area contributed by atoms with E-state index >= 15 is 0 Å². The Morgan fingerprint density at radius 1 is 1.00 bits per heavy atom. The van der Waals surface area contributed by atoms with E-state index in [-0.39, 0.29) is 11.5 Å². The molecule has 7 nitrogen and oxygen atoms in total. The van der Waals surface area contributed by atoms with E-state index in [0.29, 0.717) is 11.3 Å². The Morgan fingerprint density at radius 2 is 1.67 bits per heavy atom. The highest BCUT2D eigenvalue weighted by atomic mass is 16.5. The smallest absolute Gasteiger partial charge is 0.355 e. The molecule has 0 aliphatic heterocycles. The van der Waals surface area contributed by atoms with E-state index in [2.05, 4.69) is 10.3 Å². The third-order valence-electron chi connectivity index (χ3n) is 4.53. The predicted molar refractivity (Wildman–Crippen MR) is 111 cm³/mol. The van der Waals surface area contributed by atoms with Crippen molar-refractivity contribution in [2.24, 2.45) is 0 Å². The van der Waals surface area contributed by atoms with Gasteiger partial charge in [-0.05, 0) is 36.2 Å². The summed E-state index contributed by atoms with van der Waals surface area (Å²) in [4.78, 5) is 38.6. The SMILES string of the molecule is COc1ccc([C@H](NC(=O)COC(=O)c2cc(C(C)=O)c[nH]2)c2ccccc2)cc1. The summed E-state index contributed by atoms with van der Waals surface area (Å²) in [6, 6.07) is 17.8. The Morgan fingerprint density at radius 3 is 2.27 bits per heavy atom. The predicted octanol–water partition coefficient (Wildman–Crippen LogP) is 3.29. The largest absolute Gasteiger partial charge is 0.497 e. The Kier molecular flexibility index (Phi) is 6.64. The van der Waals surface area contributed by atoms with Crippen LogP contribution >= 0.6 is 0 Å². The van der Waals surface area contributed by atoms with Crippen molar-refractivity contribution in [1.29, 1.82) is 0 Å². The fraction of sp³-hybridized carbons (Fsp3) is 0.174. The zero-order valence-electron chi connectivity index (χ0n) is 16.7. The minimum Gasteiger partial charge on any atom is -0.497 e. The zero-order chi connectivity index (χ0) is 21.5. The molecule has 2 aromatic carbocycles. The second-order valence-electron chi connectivity index (χ2n) is 6.62. The second-order valence-corrected chi connectivity index (χ2v) is 6.62. The number of ether oxygens (including phenoxy) is 2. The molecule has 1 atom stereocenters. The van der Waals surface area contributed by atoms with Crippen molar-refractivity contribution in [3.63, 3.8) is 0 Å². The normalized spacial score (nSPS) is 11.4. The summed E-state index contributed by atoms with van der Waals surface area (Å²) >= 11 is 0. The van der Waals surface area contributed by atoms with Crippen molar-refractivity contribution in [3.05, 3.63) is 89.2 Å². The van der Waals surface area contributed by atoms with Crippen LogP contribution in [0.4, 0.5) is 0 Å². The number of aromatic nitrogens is 1. The van der Waals surface area contributed by atoms with Crippen LogP contribution in [0, 0.1) is 0 Å². The number of carbonyl (C=O) groups is 3. The molecule has 30 heavy (non-hydrogen) atoms. The molecule has 0 bridgehead atoms. The van der Waals surface area contributed by atoms with E-state index in [0.717, 1.165) is 11.1 Å². The number of hydrogen-bond acceptors (Lipinski definition) is 5. The number of esters is 1. The number of H-pyrrole nitrogens is 1. The molecular formula is C23H22N2O5.